The van der Waals surface area contributed by atoms with Crippen molar-refractivity contribution in [2.75, 3.05) is 64.4 Å². The number of aromatic nitrogens is 2. The molecule has 0 radical (unpaired) electrons. The van der Waals surface area contributed by atoms with Crippen molar-refractivity contribution in [1.82, 2.24) is 19.8 Å². The summed E-state index contributed by atoms with van der Waals surface area (Å²) in [6.07, 6.45) is 5.66. The first kappa shape index (κ1) is 21.4. The van der Waals surface area contributed by atoms with Crippen LogP contribution in [0.4, 0.5) is 5.95 Å². The van der Waals surface area contributed by atoms with Gasteiger partial charge in [0.15, 0.2) is 0 Å². The van der Waals surface area contributed by atoms with E-state index in [4.69, 9.17) is 9.47 Å². The van der Waals surface area contributed by atoms with E-state index in [-0.39, 0.29) is 5.91 Å². The van der Waals surface area contributed by atoms with Crippen LogP contribution in [-0.2, 0) is 4.79 Å². The second-order valence-electron chi connectivity index (χ2n) is 8.15. The van der Waals surface area contributed by atoms with Crippen molar-refractivity contribution in [3.8, 4) is 11.5 Å². The zero-order valence-corrected chi connectivity index (χ0v) is 18.2. The van der Waals surface area contributed by atoms with Gasteiger partial charge >= 0.3 is 0 Å². The third-order valence-corrected chi connectivity index (χ3v) is 5.98. The van der Waals surface area contributed by atoms with E-state index in [2.05, 4.69) is 19.8 Å². The predicted octanol–water partition coefficient (Wildman–Crippen LogP) is 1.92. The standard InChI is InChI=1S/C23H31N5O3/c1-30-20-5-7-21(8-6-20)31-18-19-4-2-11-28(16-19)22(29)17-26-12-14-27(15-13-26)23-24-9-3-10-25-23/h3,5-10,19H,2,4,11-18H2,1H3. The molecular formula is C23H31N5O3. The van der Waals surface area contributed by atoms with Gasteiger partial charge in [0.05, 0.1) is 20.3 Å². The number of piperazine rings is 1. The Bertz CT molecular complexity index is 825. The van der Waals surface area contributed by atoms with Gasteiger partial charge in [0.2, 0.25) is 11.9 Å². The van der Waals surface area contributed by atoms with E-state index in [1.54, 1.807) is 19.5 Å². The van der Waals surface area contributed by atoms with Gasteiger partial charge in [0, 0.05) is 57.6 Å². The molecule has 8 nitrogen and oxygen atoms in total. The molecule has 1 amide bonds. The number of likely N-dealkylation sites (tertiary alicyclic amines) is 1. The van der Waals surface area contributed by atoms with Crippen molar-refractivity contribution in [2.24, 2.45) is 5.92 Å². The maximum Gasteiger partial charge on any atom is 0.236 e. The van der Waals surface area contributed by atoms with Gasteiger partial charge in [-0.3, -0.25) is 9.69 Å². The highest BCUT2D eigenvalue weighted by molar-refractivity contribution is 5.78. The number of rotatable bonds is 7. The Balaban J connectivity index is 1.20. The first-order chi connectivity index (χ1) is 15.2. The summed E-state index contributed by atoms with van der Waals surface area (Å²) in [6.45, 7) is 6.11. The third-order valence-electron chi connectivity index (χ3n) is 5.98. The van der Waals surface area contributed by atoms with E-state index in [1.807, 2.05) is 35.2 Å². The number of methoxy groups -OCH3 is 1. The molecule has 0 bridgehead atoms. The van der Waals surface area contributed by atoms with Crippen LogP contribution < -0.4 is 14.4 Å². The number of nitrogens with zero attached hydrogens (tertiary/aromatic N) is 5. The van der Waals surface area contributed by atoms with Crippen LogP contribution >= 0.6 is 0 Å². The lowest BCUT2D eigenvalue weighted by molar-refractivity contribution is -0.134. The fourth-order valence-corrected chi connectivity index (χ4v) is 4.17. The number of benzene rings is 1. The molecule has 2 fully saturated rings. The highest BCUT2D eigenvalue weighted by atomic mass is 16.5. The fourth-order valence-electron chi connectivity index (χ4n) is 4.17. The van der Waals surface area contributed by atoms with E-state index < -0.39 is 0 Å². The van der Waals surface area contributed by atoms with Crippen molar-refractivity contribution in [2.45, 2.75) is 12.8 Å². The van der Waals surface area contributed by atoms with Crippen LogP contribution in [0, 0.1) is 5.92 Å². The summed E-state index contributed by atoms with van der Waals surface area (Å²) < 4.78 is 11.1. The van der Waals surface area contributed by atoms with Gasteiger partial charge < -0.3 is 19.3 Å². The second-order valence-corrected chi connectivity index (χ2v) is 8.15. The molecule has 2 aromatic rings. The quantitative estimate of drug-likeness (QED) is 0.671. The number of hydrogen-bond acceptors (Lipinski definition) is 7. The van der Waals surface area contributed by atoms with Crippen molar-refractivity contribution in [1.29, 1.82) is 0 Å². The van der Waals surface area contributed by atoms with Gasteiger partial charge in [0.25, 0.3) is 0 Å². The Labute approximate surface area is 183 Å². The average Bonchev–Trinajstić information content (AvgIpc) is 2.84. The molecule has 1 aromatic heterocycles. The normalized spacial score (nSPS) is 19.8. The highest BCUT2D eigenvalue weighted by Gasteiger charge is 2.27. The number of hydrogen-bond donors (Lipinski definition) is 0. The molecule has 0 saturated carbocycles. The van der Waals surface area contributed by atoms with E-state index in [0.717, 1.165) is 69.6 Å². The van der Waals surface area contributed by atoms with Gasteiger partial charge in [-0.25, -0.2) is 9.97 Å². The van der Waals surface area contributed by atoms with E-state index in [0.29, 0.717) is 19.1 Å². The average molecular weight is 426 g/mol. The molecule has 31 heavy (non-hydrogen) atoms. The molecule has 0 spiro atoms. The maximum absolute atomic E-state index is 12.9. The molecule has 1 unspecified atom stereocenters. The summed E-state index contributed by atoms with van der Waals surface area (Å²) in [5, 5.41) is 0. The smallest absolute Gasteiger partial charge is 0.236 e. The zero-order chi connectivity index (χ0) is 21.5. The molecule has 8 heteroatoms. The molecular weight excluding hydrogens is 394 g/mol. The molecule has 2 aliphatic rings. The van der Waals surface area contributed by atoms with Crippen LogP contribution in [0.3, 0.4) is 0 Å². The minimum Gasteiger partial charge on any atom is -0.497 e. The Morgan fingerprint density at radius 2 is 1.74 bits per heavy atom. The molecule has 2 aliphatic heterocycles. The lowest BCUT2D eigenvalue weighted by Gasteiger charge is -2.37. The minimum atomic E-state index is 0.221. The molecule has 1 aromatic carbocycles. The Kier molecular flexibility index (Phi) is 7.19. The molecule has 0 N–H and O–H groups in total. The van der Waals surface area contributed by atoms with Crippen LogP contribution in [0.25, 0.3) is 0 Å². The largest absolute Gasteiger partial charge is 0.497 e. The number of ether oxygens (including phenoxy) is 2. The SMILES string of the molecule is COc1ccc(OCC2CCCN(C(=O)CN3CCN(c4ncccn4)CC3)C2)cc1. The predicted molar refractivity (Wildman–Crippen MR) is 118 cm³/mol. The van der Waals surface area contributed by atoms with E-state index in [1.165, 1.54) is 0 Å². The Hall–Kier alpha value is -2.87. The van der Waals surface area contributed by atoms with Gasteiger partial charge in [-0.05, 0) is 43.2 Å². The van der Waals surface area contributed by atoms with Crippen molar-refractivity contribution in [3.63, 3.8) is 0 Å². The van der Waals surface area contributed by atoms with Crippen molar-refractivity contribution in [3.05, 3.63) is 42.7 Å². The highest BCUT2D eigenvalue weighted by Crippen LogP contribution is 2.21. The summed E-state index contributed by atoms with van der Waals surface area (Å²) in [4.78, 5) is 28.0. The summed E-state index contributed by atoms with van der Waals surface area (Å²) in [5.41, 5.74) is 0. The molecule has 2 saturated heterocycles. The summed E-state index contributed by atoms with van der Waals surface area (Å²) >= 11 is 0. The number of amides is 1. The maximum atomic E-state index is 12.9. The number of anilines is 1. The Morgan fingerprint density at radius 1 is 1.03 bits per heavy atom. The minimum absolute atomic E-state index is 0.221. The monoisotopic (exact) mass is 425 g/mol. The Morgan fingerprint density at radius 3 is 2.45 bits per heavy atom. The summed E-state index contributed by atoms with van der Waals surface area (Å²) in [7, 11) is 1.65. The topological polar surface area (TPSA) is 71.0 Å². The van der Waals surface area contributed by atoms with Crippen molar-refractivity contribution < 1.29 is 14.3 Å². The van der Waals surface area contributed by atoms with Gasteiger partial charge in [-0.15, -0.1) is 0 Å². The van der Waals surface area contributed by atoms with Crippen LogP contribution in [0.15, 0.2) is 42.7 Å². The second kappa shape index (κ2) is 10.4. The lowest BCUT2D eigenvalue weighted by atomic mass is 9.99. The fraction of sp³-hybridized carbons (Fsp3) is 0.522. The first-order valence-corrected chi connectivity index (χ1v) is 11.0. The van der Waals surface area contributed by atoms with Gasteiger partial charge in [0.1, 0.15) is 11.5 Å². The summed E-state index contributed by atoms with van der Waals surface area (Å²) in [6, 6.07) is 9.47. The van der Waals surface area contributed by atoms with Crippen molar-refractivity contribution >= 4 is 11.9 Å². The summed E-state index contributed by atoms with van der Waals surface area (Å²) in [5.74, 6) is 3.01. The van der Waals surface area contributed by atoms with Crippen LogP contribution in [0.1, 0.15) is 12.8 Å². The number of piperidine rings is 1. The molecule has 3 heterocycles. The molecule has 0 aliphatic carbocycles. The lowest BCUT2D eigenvalue weighted by Crippen LogP contribution is -2.52. The number of carbonyl (C=O) groups excluding carboxylic acids is 1. The zero-order valence-electron chi connectivity index (χ0n) is 18.2. The first-order valence-electron chi connectivity index (χ1n) is 11.0. The van der Waals surface area contributed by atoms with E-state index in [9.17, 15) is 4.79 Å². The van der Waals surface area contributed by atoms with Gasteiger partial charge in [-0.1, -0.05) is 0 Å². The van der Waals surface area contributed by atoms with Crippen LogP contribution in [0.2, 0.25) is 0 Å². The van der Waals surface area contributed by atoms with E-state index >= 15 is 0 Å². The van der Waals surface area contributed by atoms with Gasteiger partial charge in [-0.2, -0.15) is 0 Å². The molecule has 166 valence electrons. The third kappa shape index (κ3) is 5.85. The van der Waals surface area contributed by atoms with Crippen LogP contribution in [-0.4, -0.2) is 85.2 Å². The molecule has 1 atom stereocenters. The van der Waals surface area contributed by atoms with Crippen LogP contribution in [0.5, 0.6) is 11.5 Å². The molecule has 4 rings (SSSR count). The number of carbonyl (C=O) groups is 1.